The van der Waals surface area contributed by atoms with Crippen molar-refractivity contribution in [3.8, 4) is 11.8 Å². The summed E-state index contributed by atoms with van der Waals surface area (Å²) in [5.74, 6) is 5.38. The minimum atomic E-state index is -0.300. The summed E-state index contributed by atoms with van der Waals surface area (Å²) >= 11 is 0. The molecule has 0 nitrogen and oxygen atoms in total. The van der Waals surface area contributed by atoms with Crippen molar-refractivity contribution in [2.24, 2.45) is 0 Å². The van der Waals surface area contributed by atoms with Gasteiger partial charge in [-0.25, -0.2) is 8.78 Å². The lowest BCUT2D eigenvalue weighted by Gasteiger charge is -2.05. The van der Waals surface area contributed by atoms with Crippen molar-refractivity contribution in [1.82, 2.24) is 0 Å². The third kappa shape index (κ3) is 5.38. The van der Waals surface area contributed by atoms with E-state index in [1.54, 1.807) is 18.2 Å². The highest BCUT2D eigenvalue weighted by Gasteiger charge is 2.03. The minimum absolute atomic E-state index is 0.262. The lowest BCUT2D eigenvalue weighted by atomic mass is 10.0. The molecule has 2 heteroatoms. The van der Waals surface area contributed by atoms with Gasteiger partial charge < -0.3 is 0 Å². The number of rotatable bonds is 5. The highest BCUT2D eigenvalue weighted by atomic mass is 19.1. The number of hydrogen-bond acceptors (Lipinski definition) is 0. The van der Waals surface area contributed by atoms with E-state index in [9.17, 15) is 8.78 Å². The van der Waals surface area contributed by atoms with Crippen molar-refractivity contribution < 1.29 is 8.78 Å². The van der Waals surface area contributed by atoms with Crippen LogP contribution in [0.5, 0.6) is 0 Å². The van der Waals surface area contributed by atoms with Crippen LogP contribution >= 0.6 is 0 Å². The molecule has 154 valence electrons. The fourth-order valence-corrected chi connectivity index (χ4v) is 3.70. The van der Waals surface area contributed by atoms with Crippen molar-refractivity contribution in [2.45, 2.75) is 32.6 Å². The molecule has 0 aliphatic rings. The van der Waals surface area contributed by atoms with Gasteiger partial charge in [0.25, 0.3) is 0 Å². The minimum Gasteiger partial charge on any atom is -0.207 e. The van der Waals surface area contributed by atoms with Gasteiger partial charge in [-0.05, 0) is 83.1 Å². The van der Waals surface area contributed by atoms with Gasteiger partial charge in [0.05, 0.1) is 5.56 Å². The number of benzene rings is 4. The Kier molecular flexibility index (Phi) is 6.43. The van der Waals surface area contributed by atoms with Crippen LogP contribution in [-0.2, 0) is 19.3 Å². The zero-order valence-corrected chi connectivity index (χ0v) is 17.6. The zero-order chi connectivity index (χ0) is 21.6. The van der Waals surface area contributed by atoms with Gasteiger partial charge in [-0.1, -0.05) is 67.6 Å². The molecule has 0 saturated carbocycles. The van der Waals surface area contributed by atoms with Gasteiger partial charge in [0.15, 0.2) is 0 Å². The molecule has 0 aliphatic heterocycles. The van der Waals surface area contributed by atoms with Crippen molar-refractivity contribution >= 4 is 10.8 Å². The lowest BCUT2D eigenvalue weighted by molar-refractivity contribution is 0.621. The second kappa shape index (κ2) is 9.58. The van der Waals surface area contributed by atoms with Crippen molar-refractivity contribution in [3.63, 3.8) is 0 Å². The molecule has 0 unspecified atom stereocenters. The van der Waals surface area contributed by atoms with Gasteiger partial charge in [-0.3, -0.25) is 0 Å². The lowest BCUT2D eigenvalue weighted by Crippen LogP contribution is -1.94. The molecule has 0 amide bonds. The predicted molar refractivity (Wildman–Crippen MR) is 124 cm³/mol. The average molecular weight is 411 g/mol. The monoisotopic (exact) mass is 410 g/mol. The Morgan fingerprint density at radius 2 is 1.26 bits per heavy atom. The van der Waals surface area contributed by atoms with E-state index in [4.69, 9.17) is 0 Å². The van der Waals surface area contributed by atoms with E-state index in [0.717, 1.165) is 47.6 Å². The van der Waals surface area contributed by atoms with E-state index in [1.165, 1.54) is 23.3 Å². The highest BCUT2D eigenvalue weighted by molar-refractivity contribution is 5.84. The Bertz CT molecular complexity index is 1260. The fraction of sp³-hybridized carbons (Fsp3) is 0.172. The second-order valence-electron chi connectivity index (χ2n) is 7.84. The molecule has 31 heavy (non-hydrogen) atoms. The summed E-state index contributed by atoms with van der Waals surface area (Å²) in [6.07, 6.45) is 3.92. The van der Waals surface area contributed by atoms with Gasteiger partial charge in [-0.15, -0.1) is 0 Å². The number of fused-ring (bicyclic) bond motifs is 1. The maximum atomic E-state index is 14.6. The SMILES string of the molecule is CCCc1ccc(CCc2ccc(C#Cc3ccc4cc(F)ccc4c3)c(F)c2)cc1. The van der Waals surface area contributed by atoms with Crippen LogP contribution in [0.15, 0.2) is 78.9 Å². The molecule has 4 aromatic carbocycles. The molecular formula is C29H24F2. The summed E-state index contributed by atoms with van der Waals surface area (Å²) in [5.41, 5.74) is 4.74. The predicted octanol–water partition coefficient (Wildman–Crippen LogP) is 7.26. The van der Waals surface area contributed by atoms with Crippen LogP contribution in [0, 0.1) is 23.5 Å². The zero-order valence-electron chi connectivity index (χ0n) is 17.6. The summed E-state index contributed by atoms with van der Waals surface area (Å²) < 4.78 is 27.9. The third-order valence-electron chi connectivity index (χ3n) is 5.44. The van der Waals surface area contributed by atoms with E-state index in [2.05, 4.69) is 43.0 Å². The van der Waals surface area contributed by atoms with Gasteiger partial charge in [0.1, 0.15) is 11.6 Å². The Morgan fingerprint density at radius 1 is 0.613 bits per heavy atom. The topological polar surface area (TPSA) is 0 Å². The van der Waals surface area contributed by atoms with Crippen molar-refractivity contribution in [2.75, 3.05) is 0 Å². The second-order valence-corrected chi connectivity index (χ2v) is 7.84. The first-order chi connectivity index (χ1) is 15.1. The first-order valence-electron chi connectivity index (χ1n) is 10.7. The fourth-order valence-electron chi connectivity index (χ4n) is 3.70. The van der Waals surface area contributed by atoms with Gasteiger partial charge in [0.2, 0.25) is 0 Å². The van der Waals surface area contributed by atoms with Crippen molar-refractivity contribution in [1.29, 1.82) is 0 Å². The summed E-state index contributed by atoms with van der Waals surface area (Å²) in [6.45, 7) is 2.18. The molecule has 0 N–H and O–H groups in total. The van der Waals surface area contributed by atoms with Gasteiger partial charge in [-0.2, -0.15) is 0 Å². The average Bonchev–Trinajstić information content (AvgIpc) is 2.78. The van der Waals surface area contributed by atoms with E-state index in [-0.39, 0.29) is 11.6 Å². The Balaban J connectivity index is 1.44. The molecule has 0 spiro atoms. The molecule has 0 saturated heterocycles. The van der Waals surface area contributed by atoms with Crippen LogP contribution in [0.2, 0.25) is 0 Å². The summed E-state index contributed by atoms with van der Waals surface area (Å²) in [7, 11) is 0. The number of aryl methyl sites for hydroxylation is 3. The van der Waals surface area contributed by atoms with E-state index < -0.39 is 0 Å². The quantitative estimate of drug-likeness (QED) is 0.304. The molecule has 0 radical (unpaired) electrons. The first kappa shape index (κ1) is 20.8. The van der Waals surface area contributed by atoms with Crippen molar-refractivity contribution in [3.05, 3.63) is 118 Å². The van der Waals surface area contributed by atoms with Crippen LogP contribution in [0.4, 0.5) is 8.78 Å². The number of halogens is 2. The normalized spacial score (nSPS) is 10.7. The van der Waals surface area contributed by atoms with E-state index in [1.807, 2.05) is 24.3 Å². The van der Waals surface area contributed by atoms with Crippen LogP contribution in [0.3, 0.4) is 0 Å². The van der Waals surface area contributed by atoms with Crippen LogP contribution in [0.25, 0.3) is 10.8 Å². The molecule has 4 aromatic rings. The van der Waals surface area contributed by atoms with Crippen LogP contribution < -0.4 is 0 Å². The third-order valence-corrected chi connectivity index (χ3v) is 5.44. The molecule has 4 rings (SSSR count). The summed E-state index contributed by atoms with van der Waals surface area (Å²) in [5, 5.41) is 1.73. The summed E-state index contributed by atoms with van der Waals surface area (Å²) in [6, 6.07) is 24.2. The van der Waals surface area contributed by atoms with E-state index in [0.29, 0.717) is 5.56 Å². The molecule has 0 aliphatic carbocycles. The number of hydrogen-bond donors (Lipinski definition) is 0. The molecular weight excluding hydrogens is 386 g/mol. The van der Waals surface area contributed by atoms with Gasteiger partial charge >= 0.3 is 0 Å². The Hall–Kier alpha value is -3.44. The molecule has 0 fully saturated rings. The summed E-state index contributed by atoms with van der Waals surface area (Å²) in [4.78, 5) is 0. The van der Waals surface area contributed by atoms with Crippen LogP contribution in [0.1, 0.15) is 41.2 Å². The highest BCUT2D eigenvalue weighted by Crippen LogP contribution is 2.18. The molecule has 0 heterocycles. The van der Waals surface area contributed by atoms with E-state index >= 15 is 0 Å². The molecule has 0 aromatic heterocycles. The molecule has 0 atom stereocenters. The standard InChI is InChI=1S/C29H24F2/c1-2-3-21-4-6-22(7-5-21)8-9-24-11-14-25(29(31)19-24)13-10-23-12-15-27-20-28(30)17-16-26(27)18-23/h4-7,11-12,14-20H,2-3,8-9H2,1H3. The maximum Gasteiger partial charge on any atom is 0.139 e. The smallest absolute Gasteiger partial charge is 0.139 e. The molecule has 0 bridgehead atoms. The Morgan fingerprint density at radius 3 is 2.00 bits per heavy atom. The largest absolute Gasteiger partial charge is 0.207 e. The van der Waals surface area contributed by atoms with Gasteiger partial charge in [0, 0.05) is 5.56 Å². The first-order valence-corrected chi connectivity index (χ1v) is 10.7. The van der Waals surface area contributed by atoms with Crippen LogP contribution in [-0.4, -0.2) is 0 Å². The maximum absolute atomic E-state index is 14.6. The Labute approximate surface area is 182 Å².